The minimum atomic E-state index is -0.257. The topological polar surface area (TPSA) is 36.3 Å². The first-order valence-electron chi connectivity index (χ1n) is 9.60. The highest BCUT2D eigenvalue weighted by molar-refractivity contribution is 7.80. The van der Waals surface area contributed by atoms with Gasteiger partial charge in [0.2, 0.25) is 0 Å². The number of aromatic nitrogens is 2. The largest absolute Gasteiger partial charge is 0.352 e. The summed E-state index contributed by atoms with van der Waals surface area (Å²) in [6, 6.07) is 16.5. The van der Waals surface area contributed by atoms with Gasteiger partial charge in [-0.05, 0) is 68.8 Å². The molecular formula is C22H24FN5S. The lowest BCUT2D eigenvalue weighted by Gasteiger charge is -2.29. The van der Waals surface area contributed by atoms with Crippen LogP contribution in [-0.2, 0) is 0 Å². The highest BCUT2D eigenvalue weighted by Gasteiger charge is 2.41. The number of benzene rings is 1. The van der Waals surface area contributed by atoms with E-state index in [1.54, 1.807) is 18.3 Å². The van der Waals surface area contributed by atoms with Crippen LogP contribution in [0.1, 0.15) is 23.5 Å². The van der Waals surface area contributed by atoms with E-state index in [1.165, 1.54) is 6.07 Å². The molecule has 150 valence electrons. The monoisotopic (exact) mass is 409 g/mol. The second kappa shape index (κ2) is 8.31. The number of halogens is 1. The quantitative estimate of drug-likeness (QED) is 0.630. The molecule has 0 amide bonds. The van der Waals surface area contributed by atoms with Crippen LogP contribution in [0.4, 0.5) is 4.39 Å². The highest BCUT2D eigenvalue weighted by Crippen LogP contribution is 2.39. The van der Waals surface area contributed by atoms with Crippen molar-refractivity contribution < 1.29 is 4.39 Å². The van der Waals surface area contributed by atoms with E-state index in [0.717, 1.165) is 30.2 Å². The zero-order valence-electron chi connectivity index (χ0n) is 16.5. The molecule has 0 saturated carbocycles. The lowest BCUT2D eigenvalue weighted by Crippen LogP contribution is -2.36. The van der Waals surface area contributed by atoms with E-state index < -0.39 is 0 Å². The first-order chi connectivity index (χ1) is 14.0. The first kappa shape index (κ1) is 19.5. The number of likely N-dealkylation sites (N-methyl/N-ethyl adjacent to an activating group) is 1. The second-order valence-corrected chi connectivity index (χ2v) is 7.79. The maximum Gasteiger partial charge on any atom is 0.170 e. The maximum atomic E-state index is 13.9. The SMILES string of the molecule is CN(C)CCN1C(=S)N[C@H](c2ccccn2)[C@H]1c1cccn1-c1cccc(F)c1. The van der Waals surface area contributed by atoms with Crippen LogP contribution >= 0.6 is 12.2 Å². The molecule has 7 heteroatoms. The Morgan fingerprint density at radius 1 is 1.14 bits per heavy atom. The highest BCUT2D eigenvalue weighted by atomic mass is 32.1. The van der Waals surface area contributed by atoms with E-state index in [0.29, 0.717) is 5.11 Å². The van der Waals surface area contributed by atoms with E-state index in [1.807, 2.05) is 55.2 Å². The summed E-state index contributed by atoms with van der Waals surface area (Å²) < 4.78 is 15.9. The van der Waals surface area contributed by atoms with E-state index in [9.17, 15) is 4.39 Å². The zero-order valence-corrected chi connectivity index (χ0v) is 17.3. The molecule has 0 aliphatic carbocycles. The summed E-state index contributed by atoms with van der Waals surface area (Å²) >= 11 is 5.70. The van der Waals surface area contributed by atoms with Crippen molar-refractivity contribution in [2.75, 3.05) is 27.2 Å². The summed E-state index contributed by atoms with van der Waals surface area (Å²) in [5.41, 5.74) is 2.76. The Bertz CT molecular complexity index is 988. The van der Waals surface area contributed by atoms with Gasteiger partial charge in [0.05, 0.1) is 17.8 Å². The normalized spacial score (nSPS) is 19.0. The van der Waals surface area contributed by atoms with Crippen molar-refractivity contribution >= 4 is 17.3 Å². The van der Waals surface area contributed by atoms with Gasteiger partial charge in [0, 0.05) is 36.9 Å². The molecule has 0 radical (unpaired) electrons. The number of rotatable bonds is 6. The van der Waals surface area contributed by atoms with Gasteiger partial charge < -0.3 is 19.7 Å². The average molecular weight is 410 g/mol. The first-order valence-corrected chi connectivity index (χ1v) is 10.0. The van der Waals surface area contributed by atoms with Crippen LogP contribution in [0.15, 0.2) is 67.0 Å². The van der Waals surface area contributed by atoms with Gasteiger partial charge in [-0.1, -0.05) is 12.1 Å². The van der Waals surface area contributed by atoms with Crippen LogP contribution in [0.25, 0.3) is 5.69 Å². The minimum Gasteiger partial charge on any atom is -0.352 e. The Balaban J connectivity index is 1.78. The third-order valence-electron chi connectivity index (χ3n) is 5.16. The Morgan fingerprint density at radius 3 is 2.72 bits per heavy atom. The summed E-state index contributed by atoms with van der Waals surface area (Å²) in [5, 5.41) is 4.17. The van der Waals surface area contributed by atoms with Crippen LogP contribution in [-0.4, -0.2) is 51.6 Å². The summed E-state index contributed by atoms with van der Waals surface area (Å²) in [5.74, 6) is -0.257. The van der Waals surface area contributed by atoms with Crippen LogP contribution < -0.4 is 5.32 Å². The lowest BCUT2D eigenvalue weighted by molar-refractivity contribution is 0.272. The predicted molar refractivity (Wildman–Crippen MR) is 116 cm³/mol. The molecule has 2 atom stereocenters. The molecule has 3 aromatic rings. The Morgan fingerprint density at radius 2 is 2.00 bits per heavy atom. The van der Waals surface area contributed by atoms with Crippen molar-refractivity contribution in [2.45, 2.75) is 12.1 Å². The van der Waals surface area contributed by atoms with Gasteiger partial charge in [-0.2, -0.15) is 0 Å². The Kier molecular flexibility index (Phi) is 5.60. The molecule has 0 unspecified atom stereocenters. The molecule has 2 aromatic heterocycles. The van der Waals surface area contributed by atoms with Crippen LogP contribution in [0.2, 0.25) is 0 Å². The van der Waals surface area contributed by atoms with E-state index in [4.69, 9.17) is 12.2 Å². The number of thiocarbonyl (C=S) groups is 1. The molecular weight excluding hydrogens is 385 g/mol. The number of nitrogens with one attached hydrogen (secondary N) is 1. The van der Waals surface area contributed by atoms with E-state index in [-0.39, 0.29) is 17.9 Å². The van der Waals surface area contributed by atoms with Gasteiger partial charge in [0.25, 0.3) is 0 Å². The number of pyridine rings is 1. The molecule has 0 spiro atoms. The van der Waals surface area contributed by atoms with Crippen molar-refractivity contribution in [1.29, 1.82) is 0 Å². The van der Waals surface area contributed by atoms with E-state index in [2.05, 4.69) is 26.2 Å². The van der Waals surface area contributed by atoms with Crippen molar-refractivity contribution in [3.63, 3.8) is 0 Å². The molecule has 1 aliphatic heterocycles. The fourth-order valence-electron chi connectivity index (χ4n) is 3.77. The third-order valence-corrected chi connectivity index (χ3v) is 5.51. The summed E-state index contributed by atoms with van der Waals surface area (Å²) in [7, 11) is 4.10. The van der Waals surface area contributed by atoms with Gasteiger partial charge in [-0.15, -0.1) is 0 Å². The Hall–Kier alpha value is -2.77. The molecule has 29 heavy (non-hydrogen) atoms. The molecule has 1 N–H and O–H groups in total. The molecule has 3 heterocycles. The van der Waals surface area contributed by atoms with Gasteiger partial charge in [0.1, 0.15) is 5.82 Å². The molecule has 1 aromatic carbocycles. The van der Waals surface area contributed by atoms with Crippen molar-refractivity contribution in [2.24, 2.45) is 0 Å². The fourth-order valence-corrected chi connectivity index (χ4v) is 4.10. The molecule has 0 bridgehead atoms. The Labute approximate surface area is 175 Å². The minimum absolute atomic E-state index is 0.0596. The van der Waals surface area contributed by atoms with Crippen molar-refractivity contribution in [3.05, 3.63) is 84.2 Å². The maximum absolute atomic E-state index is 13.9. The van der Waals surface area contributed by atoms with Gasteiger partial charge in [0.15, 0.2) is 5.11 Å². The number of hydrogen-bond acceptors (Lipinski definition) is 3. The van der Waals surface area contributed by atoms with Crippen LogP contribution in [0.3, 0.4) is 0 Å². The average Bonchev–Trinajstić information content (AvgIpc) is 3.31. The van der Waals surface area contributed by atoms with Crippen LogP contribution in [0.5, 0.6) is 0 Å². The van der Waals surface area contributed by atoms with Crippen LogP contribution in [0, 0.1) is 5.82 Å². The molecule has 1 fully saturated rings. The smallest absolute Gasteiger partial charge is 0.170 e. The zero-order chi connectivity index (χ0) is 20.4. The van der Waals surface area contributed by atoms with Crippen molar-refractivity contribution in [3.8, 4) is 5.69 Å². The van der Waals surface area contributed by atoms with Gasteiger partial charge in [-0.3, -0.25) is 4.98 Å². The van der Waals surface area contributed by atoms with E-state index >= 15 is 0 Å². The van der Waals surface area contributed by atoms with Gasteiger partial charge >= 0.3 is 0 Å². The number of nitrogens with zero attached hydrogens (tertiary/aromatic N) is 4. The predicted octanol–water partition coefficient (Wildman–Crippen LogP) is 3.55. The molecule has 4 rings (SSSR count). The summed E-state index contributed by atoms with van der Waals surface area (Å²) in [4.78, 5) is 8.92. The van der Waals surface area contributed by atoms with Crippen molar-refractivity contribution in [1.82, 2.24) is 24.7 Å². The molecule has 5 nitrogen and oxygen atoms in total. The second-order valence-electron chi connectivity index (χ2n) is 7.41. The van der Waals surface area contributed by atoms with Gasteiger partial charge in [-0.25, -0.2) is 4.39 Å². The molecule has 1 aliphatic rings. The summed E-state index contributed by atoms with van der Waals surface area (Å²) in [6.45, 7) is 1.65. The standard InChI is InChI=1S/C22H24FN5S/c1-26(2)13-14-28-21(20(25-22(28)29)18-9-3-4-11-24-18)19-10-6-12-27(19)17-8-5-7-16(23)15-17/h3-12,15,20-21H,13-14H2,1-2H3,(H,25,29)/t20-,21-/m1/s1. The number of hydrogen-bond donors (Lipinski definition) is 1. The molecule has 1 saturated heterocycles. The third kappa shape index (κ3) is 4.02. The summed E-state index contributed by atoms with van der Waals surface area (Å²) in [6.07, 6.45) is 3.76. The fraction of sp³-hybridized carbons (Fsp3) is 0.273. The lowest BCUT2D eigenvalue weighted by atomic mass is 10.0.